The zero-order valence-corrected chi connectivity index (χ0v) is 17.5. The highest BCUT2D eigenvalue weighted by Gasteiger charge is 2.33. The molecule has 1 saturated heterocycles. The molecule has 1 heterocycles. The Labute approximate surface area is 172 Å². The van der Waals surface area contributed by atoms with Crippen molar-refractivity contribution in [1.29, 1.82) is 0 Å². The van der Waals surface area contributed by atoms with Gasteiger partial charge in [0.05, 0.1) is 17.9 Å². The molecule has 1 aliphatic rings. The normalized spacial score (nSPS) is 17.6. The third-order valence-electron chi connectivity index (χ3n) is 5.24. The van der Waals surface area contributed by atoms with Gasteiger partial charge in [0, 0.05) is 19.6 Å². The molecule has 1 amide bonds. The molecule has 0 aliphatic carbocycles. The Morgan fingerprint density at radius 2 is 1.86 bits per heavy atom. The largest absolute Gasteiger partial charge is 0.497 e. The Morgan fingerprint density at radius 1 is 1.14 bits per heavy atom. The number of sulfonamides is 1. The minimum atomic E-state index is -3.62. The third-order valence-corrected chi connectivity index (χ3v) is 7.12. The summed E-state index contributed by atoms with van der Waals surface area (Å²) in [5.74, 6) is 0.233. The van der Waals surface area contributed by atoms with Gasteiger partial charge in [-0.05, 0) is 55.5 Å². The lowest BCUT2D eigenvalue weighted by Gasteiger charge is -2.31. The number of benzene rings is 2. The van der Waals surface area contributed by atoms with Crippen molar-refractivity contribution in [1.82, 2.24) is 9.62 Å². The number of piperidine rings is 1. The SMILES string of the molecule is COc1ccc(S(=O)(=O)N2CCC[C@@H](C(=O)NCCCc3ccccc3)C2)cc1. The van der Waals surface area contributed by atoms with Crippen LogP contribution in [0.4, 0.5) is 0 Å². The average molecular weight is 417 g/mol. The predicted molar refractivity (Wildman–Crippen MR) is 112 cm³/mol. The second kappa shape index (κ2) is 9.89. The zero-order chi connectivity index (χ0) is 20.7. The Bertz CT molecular complexity index is 898. The van der Waals surface area contributed by atoms with Gasteiger partial charge in [-0.25, -0.2) is 8.42 Å². The molecule has 3 rings (SSSR count). The van der Waals surface area contributed by atoms with E-state index in [0.29, 0.717) is 31.7 Å². The number of amides is 1. The monoisotopic (exact) mass is 416 g/mol. The molecule has 7 heteroatoms. The fraction of sp³-hybridized carbons (Fsp3) is 0.409. The predicted octanol–water partition coefficient (Wildman–Crippen LogP) is 2.84. The Hall–Kier alpha value is -2.38. The molecular formula is C22H28N2O4S. The molecule has 1 atom stereocenters. The van der Waals surface area contributed by atoms with E-state index in [4.69, 9.17) is 4.74 Å². The summed E-state index contributed by atoms with van der Waals surface area (Å²) in [5, 5.41) is 2.97. The Morgan fingerprint density at radius 3 is 2.55 bits per heavy atom. The smallest absolute Gasteiger partial charge is 0.243 e. The number of nitrogens with zero attached hydrogens (tertiary/aromatic N) is 1. The number of hydrogen-bond acceptors (Lipinski definition) is 4. The number of methoxy groups -OCH3 is 1. The van der Waals surface area contributed by atoms with Crippen LogP contribution in [-0.2, 0) is 21.2 Å². The Kier molecular flexibility index (Phi) is 7.28. The maximum absolute atomic E-state index is 12.9. The molecule has 0 aromatic heterocycles. The molecule has 0 radical (unpaired) electrons. The van der Waals surface area contributed by atoms with E-state index in [1.54, 1.807) is 24.3 Å². The van der Waals surface area contributed by atoms with Gasteiger partial charge in [0.15, 0.2) is 0 Å². The van der Waals surface area contributed by atoms with E-state index in [9.17, 15) is 13.2 Å². The molecule has 1 aliphatic heterocycles. The molecule has 1 N–H and O–H groups in total. The molecular weight excluding hydrogens is 388 g/mol. The molecule has 0 unspecified atom stereocenters. The van der Waals surface area contributed by atoms with Crippen LogP contribution in [-0.4, -0.2) is 45.4 Å². The topological polar surface area (TPSA) is 75.7 Å². The molecule has 1 fully saturated rings. The summed E-state index contributed by atoms with van der Waals surface area (Å²) in [4.78, 5) is 12.8. The quantitative estimate of drug-likeness (QED) is 0.672. The minimum absolute atomic E-state index is 0.0623. The van der Waals surface area contributed by atoms with Gasteiger partial charge in [-0.3, -0.25) is 4.79 Å². The van der Waals surface area contributed by atoms with Crippen molar-refractivity contribution in [2.45, 2.75) is 30.6 Å². The van der Waals surface area contributed by atoms with Crippen molar-refractivity contribution in [2.75, 3.05) is 26.7 Å². The van der Waals surface area contributed by atoms with Crippen molar-refractivity contribution >= 4 is 15.9 Å². The van der Waals surface area contributed by atoms with Crippen LogP contribution in [0.15, 0.2) is 59.5 Å². The highest BCUT2D eigenvalue weighted by Crippen LogP contribution is 2.25. The maximum atomic E-state index is 12.9. The van der Waals surface area contributed by atoms with Gasteiger partial charge < -0.3 is 10.1 Å². The first kappa shape index (κ1) is 21.3. The molecule has 29 heavy (non-hydrogen) atoms. The van der Waals surface area contributed by atoms with Gasteiger partial charge in [0.25, 0.3) is 0 Å². The molecule has 156 valence electrons. The van der Waals surface area contributed by atoms with Gasteiger partial charge in [0.1, 0.15) is 5.75 Å². The van der Waals surface area contributed by atoms with E-state index < -0.39 is 10.0 Å². The molecule has 0 saturated carbocycles. The number of ether oxygens (including phenoxy) is 1. The van der Waals surface area contributed by atoms with Crippen molar-refractivity contribution < 1.29 is 17.9 Å². The first-order valence-electron chi connectivity index (χ1n) is 9.96. The van der Waals surface area contributed by atoms with E-state index in [0.717, 1.165) is 12.8 Å². The van der Waals surface area contributed by atoms with Crippen LogP contribution in [0.2, 0.25) is 0 Å². The van der Waals surface area contributed by atoms with Crippen LogP contribution >= 0.6 is 0 Å². The van der Waals surface area contributed by atoms with Crippen molar-refractivity contribution in [3.8, 4) is 5.75 Å². The number of carbonyl (C=O) groups excluding carboxylic acids is 1. The number of aryl methyl sites for hydroxylation is 1. The summed E-state index contributed by atoms with van der Waals surface area (Å²) in [5.41, 5.74) is 1.25. The summed E-state index contributed by atoms with van der Waals surface area (Å²) in [6.45, 7) is 1.25. The number of nitrogens with one attached hydrogen (secondary N) is 1. The average Bonchev–Trinajstić information content (AvgIpc) is 2.77. The lowest BCUT2D eigenvalue weighted by Crippen LogP contribution is -2.45. The molecule has 2 aromatic carbocycles. The number of rotatable bonds is 8. The van der Waals surface area contributed by atoms with E-state index >= 15 is 0 Å². The first-order chi connectivity index (χ1) is 14.0. The summed E-state index contributed by atoms with van der Waals surface area (Å²) < 4.78 is 32.4. The number of carbonyl (C=O) groups is 1. The van der Waals surface area contributed by atoms with Crippen molar-refractivity contribution in [3.05, 3.63) is 60.2 Å². The van der Waals surface area contributed by atoms with Crippen LogP contribution in [0.1, 0.15) is 24.8 Å². The minimum Gasteiger partial charge on any atom is -0.497 e. The molecule has 2 aromatic rings. The van der Waals surface area contributed by atoms with Gasteiger partial charge >= 0.3 is 0 Å². The first-order valence-corrected chi connectivity index (χ1v) is 11.4. The fourth-order valence-electron chi connectivity index (χ4n) is 3.56. The van der Waals surface area contributed by atoms with Crippen LogP contribution in [0, 0.1) is 5.92 Å². The van der Waals surface area contributed by atoms with Crippen molar-refractivity contribution in [3.63, 3.8) is 0 Å². The molecule has 6 nitrogen and oxygen atoms in total. The second-order valence-electron chi connectivity index (χ2n) is 7.26. The zero-order valence-electron chi connectivity index (χ0n) is 16.7. The van der Waals surface area contributed by atoms with Gasteiger partial charge in [-0.1, -0.05) is 30.3 Å². The van der Waals surface area contributed by atoms with Gasteiger partial charge in [-0.15, -0.1) is 0 Å². The summed E-state index contributed by atoms with van der Waals surface area (Å²) in [6.07, 6.45) is 3.15. The summed E-state index contributed by atoms with van der Waals surface area (Å²) in [7, 11) is -2.08. The highest BCUT2D eigenvalue weighted by atomic mass is 32.2. The van der Waals surface area contributed by atoms with Crippen LogP contribution < -0.4 is 10.1 Å². The number of hydrogen-bond donors (Lipinski definition) is 1. The van der Waals surface area contributed by atoms with E-state index in [2.05, 4.69) is 17.4 Å². The van der Waals surface area contributed by atoms with Gasteiger partial charge in [-0.2, -0.15) is 4.31 Å². The third kappa shape index (κ3) is 5.58. The maximum Gasteiger partial charge on any atom is 0.243 e. The van der Waals surface area contributed by atoms with Crippen LogP contribution in [0.25, 0.3) is 0 Å². The lowest BCUT2D eigenvalue weighted by molar-refractivity contribution is -0.126. The second-order valence-corrected chi connectivity index (χ2v) is 9.20. The van der Waals surface area contributed by atoms with E-state index in [-0.39, 0.29) is 23.3 Å². The van der Waals surface area contributed by atoms with E-state index in [1.165, 1.54) is 17.0 Å². The Balaban J connectivity index is 1.52. The van der Waals surface area contributed by atoms with Gasteiger partial charge in [0.2, 0.25) is 15.9 Å². The van der Waals surface area contributed by atoms with E-state index in [1.807, 2.05) is 18.2 Å². The van der Waals surface area contributed by atoms with Crippen LogP contribution in [0.3, 0.4) is 0 Å². The fourth-order valence-corrected chi connectivity index (χ4v) is 5.09. The lowest BCUT2D eigenvalue weighted by atomic mass is 9.99. The van der Waals surface area contributed by atoms with Crippen LogP contribution in [0.5, 0.6) is 5.75 Å². The summed E-state index contributed by atoms with van der Waals surface area (Å²) >= 11 is 0. The standard InChI is InChI=1S/C22H28N2O4S/c1-28-20-11-13-21(14-12-20)29(26,27)24-16-6-10-19(17-24)22(25)23-15-5-9-18-7-3-2-4-8-18/h2-4,7-8,11-14,19H,5-6,9-10,15-17H2,1H3,(H,23,25)/t19-/m1/s1. The molecule has 0 bridgehead atoms. The van der Waals surface area contributed by atoms with Crippen molar-refractivity contribution in [2.24, 2.45) is 5.92 Å². The molecule has 0 spiro atoms. The summed E-state index contributed by atoms with van der Waals surface area (Å²) in [6, 6.07) is 16.5. The highest BCUT2D eigenvalue weighted by molar-refractivity contribution is 7.89.